The molecule has 0 heterocycles. The quantitative estimate of drug-likeness (QED) is 0.672. The third-order valence-electron chi connectivity index (χ3n) is 2.26. The molecule has 0 aromatic carbocycles. The van der Waals surface area contributed by atoms with Crippen LogP contribution >= 0.6 is 0 Å². The first-order valence-electron chi connectivity index (χ1n) is 4.44. The fraction of sp³-hybridized carbons (Fsp3) is 0.889. The normalized spacial score (nSPS) is 12.1. The van der Waals surface area contributed by atoms with Gasteiger partial charge in [0.2, 0.25) is 0 Å². The highest BCUT2D eigenvalue weighted by atomic mass is 16.5. The summed E-state index contributed by atoms with van der Waals surface area (Å²) in [5, 5.41) is 8.96. The third kappa shape index (κ3) is 3.32. The summed E-state index contributed by atoms with van der Waals surface area (Å²) in [7, 11) is 1.61. The number of ether oxygens (including phenoxy) is 1. The molecule has 0 atom stereocenters. The van der Waals surface area contributed by atoms with Gasteiger partial charge in [-0.05, 0) is 20.4 Å². The number of carbonyl (C=O) groups is 1. The highest BCUT2D eigenvalue weighted by molar-refractivity contribution is 5.77. The van der Waals surface area contributed by atoms with E-state index in [4.69, 9.17) is 9.84 Å². The van der Waals surface area contributed by atoms with E-state index >= 15 is 0 Å². The fourth-order valence-electron chi connectivity index (χ4n) is 1.17. The number of hydrogen-bond donors (Lipinski definition) is 1. The van der Waals surface area contributed by atoms with Crippen molar-refractivity contribution in [3.05, 3.63) is 0 Å². The molecule has 0 spiro atoms. The Morgan fingerprint density at radius 1 is 1.54 bits per heavy atom. The van der Waals surface area contributed by atoms with Crippen LogP contribution in [-0.4, -0.2) is 48.3 Å². The number of methoxy groups -OCH3 is 1. The van der Waals surface area contributed by atoms with E-state index in [1.807, 2.05) is 11.8 Å². The fourth-order valence-corrected chi connectivity index (χ4v) is 1.17. The molecular weight excluding hydrogens is 170 g/mol. The van der Waals surface area contributed by atoms with Crippen LogP contribution in [0.25, 0.3) is 0 Å². The van der Waals surface area contributed by atoms with Gasteiger partial charge in [-0.25, -0.2) is 0 Å². The minimum absolute atomic E-state index is 0.560. The maximum absolute atomic E-state index is 10.9. The van der Waals surface area contributed by atoms with E-state index < -0.39 is 11.5 Å². The second-order valence-electron chi connectivity index (χ2n) is 3.44. The zero-order valence-electron chi connectivity index (χ0n) is 8.83. The summed E-state index contributed by atoms with van der Waals surface area (Å²) in [6.45, 7) is 7.27. The Kier molecular flexibility index (Phi) is 4.95. The molecule has 0 aliphatic heterocycles. The summed E-state index contributed by atoms with van der Waals surface area (Å²) in [4.78, 5) is 12.8. The van der Waals surface area contributed by atoms with E-state index in [1.165, 1.54) is 0 Å². The van der Waals surface area contributed by atoms with Crippen molar-refractivity contribution in [1.29, 1.82) is 0 Å². The molecule has 0 saturated heterocycles. The summed E-state index contributed by atoms with van der Waals surface area (Å²) >= 11 is 0. The molecule has 0 aliphatic carbocycles. The van der Waals surface area contributed by atoms with Gasteiger partial charge in [0.25, 0.3) is 0 Å². The van der Waals surface area contributed by atoms with Crippen molar-refractivity contribution in [2.45, 2.75) is 26.3 Å². The Bertz CT molecular complexity index is 168. The number of carboxylic acid groups (broad SMARTS) is 1. The minimum atomic E-state index is -0.812. The number of likely N-dealkylation sites (N-methyl/N-ethyl adjacent to an activating group) is 1. The van der Waals surface area contributed by atoms with Gasteiger partial charge in [-0.2, -0.15) is 0 Å². The van der Waals surface area contributed by atoms with E-state index in [0.29, 0.717) is 19.7 Å². The molecule has 13 heavy (non-hydrogen) atoms. The summed E-state index contributed by atoms with van der Waals surface area (Å²) < 4.78 is 4.91. The standard InChI is InChI=1S/C9H19NO3/c1-5-10(6-7-13-4)9(2,3)8(11)12/h5-7H2,1-4H3,(H,11,12). The van der Waals surface area contributed by atoms with Crippen LogP contribution in [0.15, 0.2) is 0 Å². The first kappa shape index (κ1) is 12.4. The van der Waals surface area contributed by atoms with E-state index in [9.17, 15) is 4.79 Å². The van der Waals surface area contributed by atoms with E-state index in [0.717, 1.165) is 0 Å². The topological polar surface area (TPSA) is 49.8 Å². The Balaban J connectivity index is 4.28. The SMILES string of the molecule is CCN(CCOC)C(C)(C)C(=O)O. The number of carboxylic acids is 1. The molecule has 78 valence electrons. The van der Waals surface area contributed by atoms with Gasteiger partial charge in [-0.3, -0.25) is 9.69 Å². The highest BCUT2D eigenvalue weighted by Crippen LogP contribution is 2.13. The lowest BCUT2D eigenvalue weighted by atomic mass is 10.0. The van der Waals surface area contributed by atoms with Gasteiger partial charge in [-0.15, -0.1) is 0 Å². The molecular formula is C9H19NO3. The molecule has 0 saturated carbocycles. The molecule has 0 aromatic rings. The van der Waals surface area contributed by atoms with Gasteiger partial charge in [0.1, 0.15) is 5.54 Å². The molecule has 0 unspecified atom stereocenters. The molecule has 0 bridgehead atoms. The van der Waals surface area contributed by atoms with Crippen molar-refractivity contribution in [3.8, 4) is 0 Å². The van der Waals surface area contributed by atoms with Crippen molar-refractivity contribution in [2.75, 3.05) is 26.8 Å². The average molecular weight is 189 g/mol. The van der Waals surface area contributed by atoms with Crippen LogP contribution in [0.3, 0.4) is 0 Å². The van der Waals surface area contributed by atoms with Gasteiger partial charge in [-0.1, -0.05) is 6.92 Å². The molecule has 0 rings (SSSR count). The molecule has 4 heteroatoms. The first-order chi connectivity index (χ1) is 5.96. The predicted molar refractivity (Wildman–Crippen MR) is 50.8 cm³/mol. The second-order valence-corrected chi connectivity index (χ2v) is 3.44. The molecule has 1 N–H and O–H groups in total. The van der Waals surface area contributed by atoms with Gasteiger partial charge < -0.3 is 9.84 Å². The molecule has 4 nitrogen and oxygen atoms in total. The summed E-state index contributed by atoms with van der Waals surface area (Å²) in [5.41, 5.74) is -0.812. The van der Waals surface area contributed by atoms with Crippen LogP contribution < -0.4 is 0 Å². The molecule has 0 fully saturated rings. The molecule has 0 radical (unpaired) electrons. The summed E-state index contributed by atoms with van der Waals surface area (Å²) in [5.74, 6) is -0.801. The zero-order valence-corrected chi connectivity index (χ0v) is 8.83. The smallest absolute Gasteiger partial charge is 0.323 e. The monoisotopic (exact) mass is 189 g/mol. The van der Waals surface area contributed by atoms with Crippen LogP contribution in [0.2, 0.25) is 0 Å². The van der Waals surface area contributed by atoms with Crippen molar-refractivity contribution >= 4 is 5.97 Å². The lowest BCUT2D eigenvalue weighted by Crippen LogP contribution is -2.51. The van der Waals surface area contributed by atoms with Gasteiger partial charge in [0.15, 0.2) is 0 Å². The Labute approximate surface area is 79.5 Å². The van der Waals surface area contributed by atoms with Crippen molar-refractivity contribution < 1.29 is 14.6 Å². The van der Waals surface area contributed by atoms with Crippen molar-refractivity contribution in [3.63, 3.8) is 0 Å². The van der Waals surface area contributed by atoms with Crippen LogP contribution in [0.1, 0.15) is 20.8 Å². The van der Waals surface area contributed by atoms with E-state index in [2.05, 4.69) is 0 Å². The number of nitrogens with zero attached hydrogens (tertiary/aromatic N) is 1. The first-order valence-corrected chi connectivity index (χ1v) is 4.44. The largest absolute Gasteiger partial charge is 0.480 e. The van der Waals surface area contributed by atoms with Crippen molar-refractivity contribution in [1.82, 2.24) is 4.90 Å². The lowest BCUT2D eigenvalue weighted by Gasteiger charge is -2.33. The van der Waals surface area contributed by atoms with Crippen LogP contribution in [0, 0.1) is 0 Å². The van der Waals surface area contributed by atoms with Gasteiger partial charge in [0, 0.05) is 13.7 Å². The average Bonchev–Trinajstić information content (AvgIpc) is 2.05. The summed E-state index contributed by atoms with van der Waals surface area (Å²) in [6.07, 6.45) is 0. The number of rotatable bonds is 6. The Morgan fingerprint density at radius 3 is 2.38 bits per heavy atom. The zero-order chi connectivity index (χ0) is 10.5. The highest BCUT2D eigenvalue weighted by Gasteiger charge is 2.32. The summed E-state index contributed by atoms with van der Waals surface area (Å²) in [6, 6.07) is 0. The predicted octanol–water partition coefficient (Wildman–Crippen LogP) is 0.818. The van der Waals surface area contributed by atoms with Crippen LogP contribution in [0.4, 0.5) is 0 Å². The van der Waals surface area contributed by atoms with E-state index in [-0.39, 0.29) is 0 Å². The van der Waals surface area contributed by atoms with E-state index in [1.54, 1.807) is 21.0 Å². The number of hydrogen-bond acceptors (Lipinski definition) is 3. The third-order valence-corrected chi connectivity index (χ3v) is 2.26. The Hall–Kier alpha value is -0.610. The lowest BCUT2D eigenvalue weighted by molar-refractivity contribution is -0.149. The van der Waals surface area contributed by atoms with Crippen LogP contribution in [0.5, 0.6) is 0 Å². The maximum atomic E-state index is 10.9. The van der Waals surface area contributed by atoms with Gasteiger partial charge in [0.05, 0.1) is 6.61 Å². The molecule has 0 aliphatic rings. The van der Waals surface area contributed by atoms with Crippen LogP contribution in [-0.2, 0) is 9.53 Å². The van der Waals surface area contributed by atoms with Crippen molar-refractivity contribution in [2.24, 2.45) is 0 Å². The molecule has 0 aromatic heterocycles. The number of aliphatic carboxylic acids is 1. The maximum Gasteiger partial charge on any atom is 0.323 e. The minimum Gasteiger partial charge on any atom is -0.480 e. The Morgan fingerprint density at radius 2 is 2.08 bits per heavy atom. The molecule has 0 amide bonds. The van der Waals surface area contributed by atoms with Gasteiger partial charge >= 0.3 is 5.97 Å². The second kappa shape index (κ2) is 5.19.